The summed E-state index contributed by atoms with van der Waals surface area (Å²) in [5.74, 6) is 0. The summed E-state index contributed by atoms with van der Waals surface area (Å²) in [5, 5.41) is 0.0384. The van der Waals surface area contributed by atoms with Crippen molar-refractivity contribution in [2.75, 3.05) is 19.6 Å². The summed E-state index contributed by atoms with van der Waals surface area (Å²) in [7, 11) is 0. The van der Waals surface area contributed by atoms with Crippen molar-refractivity contribution in [3.05, 3.63) is 48.0 Å². The molecule has 0 radical (unpaired) electrons. The molecule has 0 aromatic carbocycles. The Kier molecular flexibility index (Phi) is 10.1. The zero-order chi connectivity index (χ0) is 19.7. The summed E-state index contributed by atoms with van der Waals surface area (Å²) in [4.78, 5) is 4.42. The van der Waals surface area contributed by atoms with Crippen LogP contribution in [0.3, 0.4) is 0 Å². The van der Waals surface area contributed by atoms with Crippen LogP contribution in [0.25, 0.3) is 0 Å². The van der Waals surface area contributed by atoms with E-state index in [1.165, 1.54) is 6.42 Å². The van der Waals surface area contributed by atoms with Crippen LogP contribution in [0, 0.1) is 0 Å². The maximum absolute atomic E-state index is 14.1. The van der Waals surface area contributed by atoms with E-state index < -0.39 is 6.17 Å². The Morgan fingerprint density at radius 2 is 2.04 bits per heavy atom. The molecule has 4 heteroatoms. The monoisotopic (exact) mass is 382 g/mol. The Labute approximate surface area is 165 Å². The second-order valence-electron chi connectivity index (χ2n) is 6.84. The zero-order valence-corrected chi connectivity index (χ0v) is 17.8. The number of hydrogen-bond acceptors (Lipinski definition) is 2. The minimum absolute atomic E-state index is 0.0384. The molecule has 1 fully saturated rings. The van der Waals surface area contributed by atoms with Crippen molar-refractivity contribution in [3.63, 3.8) is 0 Å². The third kappa shape index (κ3) is 6.50. The van der Waals surface area contributed by atoms with Gasteiger partial charge in [-0.1, -0.05) is 52.5 Å². The number of halogens is 2. The molecule has 148 valence electrons. The van der Waals surface area contributed by atoms with Crippen molar-refractivity contribution in [2.24, 2.45) is 0 Å². The average molecular weight is 383 g/mol. The van der Waals surface area contributed by atoms with E-state index >= 15 is 0 Å². The summed E-state index contributed by atoms with van der Waals surface area (Å²) in [6.07, 6.45) is 7.20. The van der Waals surface area contributed by atoms with E-state index in [1.807, 2.05) is 20.8 Å². The summed E-state index contributed by atoms with van der Waals surface area (Å²) >= 11 is 6.23. The lowest BCUT2D eigenvalue weighted by atomic mass is 10.0. The van der Waals surface area contributed by atoms with Crippen LogP contribution in [0.4, 0.5) is 4.39 Å². The average Bonchev–Trinajstić information content (AvgIpc) is 2.53. The molecule has 1 heterocycles. The Balaban J connectivity index is 0.00000163. The number of nitrogens with zero attached hydrogens (tertiary/aromatic N) is 2. The van der Waals surface area contributed by atoms with Crippen molar-refractivity contribution < 1.29 is 4.39 Å². The minimum atomic E-state index is -0.837. The van der Waals surface area contributed by atoms with Gasteiger partial charge in [-0.05, 0) is 31.8 Å². The molecule has 1 aliphatic heterocycles. The van der Waals surface area contributed by atoms with Crippen LogP contribution in [0.15, 0.2) is 48.0 Å². The van der Waals surface area contributed by atoms with Crippen LogP contribution < -0.4 is 0 Å². The molecule has 0 bridgehead atoms. The van der Waals surface area contributed by atoms with Gasteiger partial charge in [0.25, 0.3) is 0 Å². The first kappa shape index (κ1) is 22.8. The summed E-state index contributed by atoms with van der Waals surface area (Å²) in [6.45, 7) is 19.3. The Bertz CT molecular complexity index is 534. The van der Waals surface area contributed by atoms with Crippen molar-refractivity contribution >= 4 is 11.6 Å². The number of alkyl halides is 2. The first-order valence-electron chi connectivity index (χ1n) is 9.97. The quantitative estimate of drug-likeness (QED) is 0.424. The Morgan fingerprint density at radius 1 is 1.38 bits per heavy atom. The molecular formula is C22H36ClFN2. The van der Waals surface area contributed by atoms with Gasteiger partial charge in [0.1, 0.15) is 6.17 Å². The van der Waals surface area contributed by atoms with Crippen LogP contribution in [0.2, 0.25) is 0 Å². The fourth-order valence-electron chi connectivity index (χ4n) is 3.20. The highest BCUT2D eigenvalue weighted by atomic mass is 35.5. The smallest absolute Gasteiger partial charge is 0.106 e. The highest BCUT2D eigenvalue weighted by Crippen LogP contribution is 2.30. The van der Waals surface area contributed by atoms with Gasteiger partial charge in [0, 0.05) is 36.6 Å². The lowest BCUT2D eigenvalue weighted by Crippen LogP contribution is -2.40. The Morgan fingerprint density at radius 3 is 2.54 bits per heavy atom. The molecule has 26 heavy (non-hydrogen) atoms. The van der Waals surface area contributed by atoms with Crippen LogP contribution in [0.1, 0.15) is 59.8 Å². The third-order valence-electron chi connectivity index (χ3n) is 4.75. The maximum Gasteiger partial charge on any atom is 0.106 e. The highest BCUT2D eigenvalue weighted by Gasteiger charge is 2.24. The van der Waals surface area contributed by atoms with Gasteiger partial charge in [-0.25, -0.2) is 4.39 Å². The van der Waals surface area contributed by atoms with Gasteiger partial charge in [0.05, 0.1) is 11.9 Å². The van der Waals surface area contributed by atoms with Gasteiger partial charge in [0.2, 0.25) is 0 Å². The molecule has 0 saturated carbocycles. The van der Waals surface area contributed by atoms with Gasteiger partial charge in [0.15, 0.2) is 0 Å². The molecular weight excluding hydrogens is 347 g/mol. The molecule has 2 rings (SSSR count). The largest absolute Gasteiger partial charge is 0.374 e. The van der Waals surface area contributed by atoms with Crippen molar-refractivity contribution in [2.45, 2.75) is 71.3 Å². The van der Waals surface area contributed by atoms with Crippen molar-refractivity contribution in [1.82, 2.24) is 9.80 Å². The fraction of sp³-hybridized carbons (Fsp3) is 0.636. The normalized spacial score (nSPS) is 20.1. The summed E-state index contributed by atoms with van der Waals surface area (Å²) in [6, 6.07) is 0. The summed E-state index contributed by atoms with van der Waals surface area (Å²) < 4.78 is 14.1. The number of allylic oxidation sites excluding steroid dienone is 4. The van der Waals surface area contributed by atoms with Gasteiger partial charge in [-0.2, -0.15) is 0 Å². The van der Waals surface area contributed by atoms with Crippen LogP contribution in [-0.4, -0.2) is 41.0 Å². The molecule has 2 nitrogen and oxygen atoms in total. The molecule has 0 amide bonds. The van der Waals surface area contributed by atoms with Gasteiger partial charge in [-0.15, -0.1) is 11.6 Å². The Hall–Kier alpha value is -1.22. The maximum atomic E-state index is 14.1. The van der Waals surface area contributed by atoms with Crippen LogP contribution >= 0.6 is 11.6 Å². The molecule has 0 aromatic rings. The predicted octanol–water partition coefficient (Wildman–Crippen LogP) is 6.42. The van der Waals surface area contributed by atoms with Crippen LogP contribution in [0.5, 0.6) is 0 Å². The lowest BCUT2D eigenvalue weighted by molar-refractivity contribution is 0.217. The van der Waals surface area contributed by atoms with E-state index in [4.69, 9.17) is 11.6 Å². The molecule has 0 aromatic heterocycles. The van der Waals surface area contributed by atoms with E-state index in [0.717, 1.165) is 48.6 Å². The predicted molar refractivity (Wildman–Crippen MR) is 113 cm³/mol. The topological polar surface area (TPSA) is 6.48 Å². The minimum Gasteiger partial charge on any atom is -0.374 e. The van der Waals surface area contributed by atoms with Gasteiger partial charge >= 0.3 is 0 Å². The second kappa shape index (κ2) is 11.5. The molecule has 0 N–H and O–H groups in total. The SMILES string of the molecule is C=C(CN(C(=C)CC(F)CCC)C1=CCC(Cl)C=C1C)N1CCC1.CC. The summed E-state index contributed by atoms with van der Waals surface area (Å²) in [5.41, 5.74) is 4.13. The third-order valence-corrected chi connectivity index (χ3v) is 5.05. The highest BCUT2D eigenvalue weighted by molar-refractivity contribution is 6.22. The van der Waals surface area contributed by atoms with Gasteiger partial charge in [-0.3, -0.25) is 0 Å². The number of rotatable bonds is 9. The van der Waals surface area contributed by atoms with Crippen LogP contribution in [-0.2, 0) is 0 Å². The molecule has 2 unspecified atom stereocenters. The van der Waals surface area contributed by atoms with E-state index in [1.54, 1.807) is 0 Å². The lowest BCUT2D eigenvalue weighted by Gasteiger charge is -2.39. The fourth-order valence-corrected chi connectivity index (χ4v) is 3.47. The molecule has 1 aliphatic carbocycles. The first-order valence-corrected chi connectivity index (χ1v) is 10.4. The van der Waals surface area contributed by atoms with Crippen molar-refractivity contribution in [1.29, 1.82) is 0 Å². The molecule has 2 atom stereocenters. The van der Waals surface area contributed by atoms with E-state index in [2.05, 4.69) is 42.0 Å². The molecule has 1 saturated heterocycles. The zero-order valence-electron chi connectivity index (χ0n) is 17.0. The number of hydrogen-bond donors (Lipinski definition) is 0. The first-order chi connectivity index (χ1) is 12.4. The van der Waals surface area contributed by atoms with Gasteiger partial charge < -0.3 is 9.80 Å². The van der Waals surface area contributed by atoms with E-state index in [-0.39, 0.29) is 5.38 Å². The number of likely N-dealkylation sites (tertiary alicyclic amines) is 1. The molecule has 2 aliphatic rings. The van der Waals surface area contributed by atoms with Crippen molar-refractivity contribution in [3.8, 4) is 0 Å². The molecule has 0 spiro atoms. The second-order valence-corrected chi connectivity index (χ2v) is 7.40. The standard InChI is InChI=1S/C20H30ClFN2.C2H6/c1-5-7-19(22)13-16(3)24(14-17(4)23-10-6-11-23)20-9-8-18(21)12-15(20)2;1-2/h9,12,18-19H,3-8,10-11,13-14H2,1-2H3;1-2H3. The van der Waals surface area contributed by atoms with E-state index in [9.17, 15) is 4.39 Å². The van der Waals surface area contributed by atoms with E-state index in [0.29, 0.717) is 19.4 Å².